The number of anilines is 1. The van der Waals surface area contributed by atoms with Gasteiger partial charge in [-0.2, -0.15) is 5.10 Å². The van der Waals surface area contributed by atoms with Crippen molar-refractivity contribution in [3.63, 3.8) is 0 Å². The van der Waals surface area contributed by atoms with Gasteiger partial charge in [-0.15, -0.1) is 0 Å². The molecule has 8 nitrogen and oxygen atoms in total. The molecular weight excluding hydrogens is 428 g/mol. The smallest absolute Gasteiger partial charge is 0.155 e. The van der Waals surface area contributed by atoms with Crippen LogP contribution in [-0.2, 0) is 18.2 Å². The fourth-order valence-corrected chi connectivity index (χ4v) is 4.95. The van der Waals surface area contributed by atoms with E-state index in [9.17, 15) is 0 Å². The molecule has 2 saturated heterocycles. The maximum atomic E-state index is 6.00. The minimum atomic E-state index is 0.294. The SMILES string of the molecule is CCOc1cc(-c2cnn(C)c2)ccc1Cc1ncc2ccnc(N3CCC4(COC4)C3)c2n1. The van der Waals surface area contributed by atoms with Gasteiger partial charge in [-0.05, 0) is 31.0 Å². The zero-order chi connectivity index (χ0) is 23.1. The van der Waals surface area contributed by atoms with E-state index in [1.165, 1.54) is 0 Å². The maximum absolute atomic E-state index is 6.00. The van der Waals surface area contributed by atoms with Gasteiger partial charge in [0.25, 0.3) is 0 Å². The van der Waals surface area contributed by atoms with Crippen molar-refractivity contribution in [2.24, 2.45) is 12.5 Å². The first-order valence-corrected chi connectivity index (χ1v) is 11.8. The normalized spacial score (nSPS) is 16.8. The number of nitrogens with zero attached hydrogens (tertiary/aromatic N) is 6. The molecule has 0 radical (unpaired) electrons. The molecule has 1 spiro atoms. The number of aryl methyl sites for hydroxylation is 1. The topological polar surface area (TPSA) is 78.2 Å². The first-order valence-electron chi connectivity index (χ1n) is 11.8. The summed E-state index contributed by atoms with van der Waals surface area (Å²) in [6, 6.07) is 8.27. The zero-order valence-electron chi connectivity index (χ0n) is 19.6. The average Bonchev–Trinajstić information content (AvgIpc) is 3.47. The van der Waals surface area contributed by atoms with Crippen LogP contribution in [0, 0.1) is 5.41 Å². The van der Waals surface area contributed by atoms with Crippen LogP contribution in [0.3, 0.4) is 0 Å². The Hall–Kier alpha value is -3.52. The average molecular weight is 457 g/mol. The summed E-state index contributed by atoms with van der Waals surface area (Å²) >= 11 is 0. The molecule has 34 heavy (non-hydrogen) atoms. The number of hydrogen-bond acceptors (Lipinski definition) is 7. The van der Waals surface area contributed by atoms with Crippen molar-refractivity contribution < 1.29 is 9.47 Å². The van der Waals surface area contributed by atoms with Crippen LogP contribution in [0.5, 0.6) is 5.75 Å². The Kier molecular flexibility index (Phi) is 5.17. The monoisotopic (exact) mass is 456 g/mol. The number of pyridine rings is 1. The standard InChI is InChI=1S/C26H28N6O2/c1-3-34-22-10-18(21-13-29-31(2)14-21)4-5-19(22)11-23-28-12-20-6-8-27-25(24(20)30-23)32-9-7-26(15-32)16-33-17-26/h4-6,8,10,12-14H,3,7,9,11,15-17H2,1-2H3. The minimum Gasteiger partial charge on any atom is -0.494 e. The van der Waals surface area contributed by atoms with E-state index in [1.54, 1.807) is 4.68 Å². The first kappa shape index (κ1) is 21.0. The maximum Gasteiger partial charge on any atom is 0.155 e. The molecule has 0 saturated carbocycles. The van der Waals surface area contributed by atoms with Gasteiger partial charge in [-0.1, -0.05) is 12.1 Å². The molecule has 0 amide bonds. The van der Waals surface area contributed by atoms with E-state index in [-0.39, 0.29) is 0 Å². The van der Waals surface area contributed by atoms with E-state index in [0.29, 0.717) is 18.4 Å². The third-order valence-electron chi connectivity index (χ3n) is 6.84. The van der Waals surface area contributed by atoms with Crippen molar-refractivity contribution in [1.82, 2.24) is 24.7 Å². The minimum absolute atomic E-state index is 0.294. The molecule has 8 heteroatoms. The van der Waals surface area contributed by atoms with E-state index in [2.05, 4.69) is 33.2 Å². The Morgan fingerprint density at radius 3 is 2.76 bits per heavy atom. The Morgan fingerprint density at radius 2 is 2.03 bits per heavy atom. The highest BCUT2D eigenvalue weighted by molar-refractivity contribution is 5.88. The predicted octanol–water partition coefficient (Wildman–Crippen LogP) is 3.64. The van der Waals surface area contributed by atoms with Crippen LogP contribution in [0.1, 0.15) is 24.7 Å². The van der Waals surface area contributed by atoms with Gasteiger partial charge in [0, 0.05) is 67.1 Å². The summed E-state index contributed by atoms with van der Waals surface area (Å²) in [6.07, 6.45) is 9.36. The van der Waals surface area contributed by atoms with Gasteiger partial charge in [-0.25, -0.2) is 15.0 Å². The summed E-state index contributed by atoms with van der Waals surface area (Å²) < 4.78 is 13.3. The van der Waals surface area contributed by atoms with Crippen molar-refractivity contribution in [2.45, 2.75) is 19.8 Å². The van der Waals surface area contributed by atoms with Gasteiger partial charge in [0.1, 0.15) is 17.1 Å². The molecule has 1 aromatic carbocycles. The second kappa shape index (κ2) is 8.36. The van der Waals surface area contributed by atoms with Gasteiger partial charge in [0.2, 0.25) is 0 Å². The molecule has 6 rings (SSSR count). The highest BCUT2D eigenvalue weighted by Gasteiger charge is 2.45. The van der Waals surface area contributed by atoms with Crippen molar-refractivity contribution in [2.75, 3.05) is 37.8 Å². The summed E-state index contributed by atoms with van der Waals surface area (Å²) in [7, 11) is 1.92. The highest BCUT2D eigenvalue weighted by atomic mass is 16.5. The van der Waals surface area contributed by atoms with E-state index >= 15 is 0 Å². The lowest BCUT2D eigenvalue weighted by Crippen LogP contribution is -2.44. The lowest BCUT2D eigenvalue weighted by Gasteiger charge is -2.37. The van der Waals surface area contributed by atoms with Gasteiger partial charge in [-0.3, -0.25) is 4.68 Å². The summed E-state index contributed by atoms with van der Waals surface area (Å²) in [5.41, 5.74) is 4.41. The number of fused-ring (bicyclic) bond motifs is 1. The van der Waals surface area contributed by atoms with Crippen LogP contribution in [0.25, 0.3) is 22.0 Å². The van der Waals surface area contributed by atoms with Crippen LogP contribution >= 0.6 is 0 Å². The molecule has 3 aromatic heterocycles. The zero-order valence-corrected chi connectivity index (χ0v) is 19.6. The fourth-order valence-electron chi connectivity index (χ4n) is 4.95. The largest absolute Gasteiger partial charge is 0.494 e. The van der Waals surface area contributed by atoms with E-state index in [4.69, 9.17) is 19.4 Å². The van der Waals surface area contributed by atoms with Gasteiger partial charge < -0.3 is 14.4 Å². The molecule has 4 aromatic rings. The predicted molar refractivity (Wildman–Crippen MR) is 130 cm³/mol. The third kappa shape index (κ3) is 3.77. The quantitative estimate of drug-likeness (QED) is 0.438. The molecule has 2 aliphatic rings. The molecule has 0 aliphatic carbocycles. The molecule has 5 heterocycles. The van der Waals surface area contributed by atoms with Crippen LogP contribution in [0.4, 0.5) is 5.82 Å². The van der Waals surface area contributed by atoms with Crippen molar-refractivity contribution in [1.29, 1.82) is 0 Å². The lowest BCUT2D eigenvalue weighted by molar-refractivity contribution is -0.0985. The number of benzene rings is 1. The molecular formula is C26H28N6O2. The number of aromatic nitrogens is 5. The van der Waals surface area contributed by atoms with Crippen molar-refractivity contribution in [3.8, 4) is 16.9 Å². The Bertz CT molecular complexity index is 1350. The number of ether oxygens (including phenoxy) is 2. The highest BCUT2D eigenvalue weighted by Crippen LogP contribution is 2.40. The van der Waals surface area contributed by atoms with Crippen molar-refractivity contribution in [3.05, 3.63) is 60.4 Å². The lowest BCUT2D eigenvalue weighted by atomic mass is 9.85. The number of rotatable bonds is 6. The summed E-state index contributed by atoms with van der Waals surface area (Å²) in [6.45, 7) is 6.26. The van der Waals surface area contributed by atoms with Gasteiger partial charge >= 0.3 is 0 Å². The Balaban J connectivity index is 1.31. The summed E-state index contributed by atoms with van der Waals surface area (Å²) in [5.74, 6) is 2.56. The van der Waals surface area contributed by atoms with E-state index in [1.807, 2.05) is 44.8 Å². The Labute approximate surface area is 198 Å². The van der Waals surface area contributed by atoms with Crippen LogP contribution in [0.15, 0.2) is 49.1 Å². The molecule has 2 aliphatic heterocycles. The van der Waals surface area contributed by atoms with Gasteiger partial charge in [0.15, 0.2) is 5.82 Å². The summed E-state index contributed by atoms with van der Waals surface area (Å²) in [5, 5.41) is 5.30. The van der Waals surface area contributed by atoms with E-state index < -0.39 is 0 Å². The number of hydrogen-bond donors (Lipinski definition) is 0. The van der Waals surface area contributed by atoms with Crippen LogP contribution in [-0.4, -0.2) is 57.6 Å². The first-order chi connectivity index (χ1) is 16.6. The van der Waals surface area contributed by atoms with Gasteiger partial charge in [0.05, 0.1) is 26.0 Å². The van der Waals surface area contributed by atoms with Crippen LogP contribution < -0.4 is 9.64 Å². The second-order valence-corrected chi connectivity index (χ2v) is 9.36. The van der Waals surface area contributed by atoms with Crippen molar-refractivity contribution >= 4 is 16.7 Å². The second-order valence-electron chi connectivity index (χ2n) is 9.36. The molecule has 0 bridgehead atoms. The molecule has 0 unspecified atom stereocenters. The molecule has 2 fully saturated rings. The van der Waals surface area contributed by atoms with Crippen LogP contribution in [0.2, 0.25) is 0 Å². The molecule has 174 valence electrons. The summed E-state index contributed by atoms with van der Waals surface area (Å²) in [4.78, 5) is 16.7. The third-order valence-corrected chi connectivity index (χ3v) is 6.84. The molecule has 0 atom stereocenters. The molecule has 0 N–H and O–H groups in total. The Morgan fingerprint density at radius 1 is 1.12 bits per heavy atom. The van der Waals surface area contributed by atoms with E-state index in [0.717, 1.165) is 77.7 Å². The fraction of sp³-hybridized carbons (Fsp3) is 0.385.